The van der Waals surface area contributed by atoms with Crippen molar-refractivity contribution in [1.82, 2.24) is 10.6 Å². The Bertz CT molecular complexity index is 388. The van der Waals surface area contributed by atoms with E-state index in [2.05, 4.69) is 10.6 Å². The highest BCUT2D eigenvalue weighted by Crippen LogP contribution is 2.21. The van der Waals surface area contributed by atoms with Gasteiger partial charge in [-0.1, -0.05) is 0 Å². The number of amides is 2. The highest BCUT2D eigenvalue weighted by atomic mass is 16.6. The zero-order valence-corrected chi connectivity index (χ0v) is 13.8. The van der Waals surface area contributed by atoms with Crippen LogP contribution in [0.3, 0.4) is 0 Å². The number of nitrogens with one attached hydrogen (secondary N) is 2. The molecule has 2 unspecified atom stereocenters. The number of carbonyl (C=O) groups excluding carboxylic acids is 2. The van der Waals surface area contributed by atoms with Crippen molar-refractivity contribution in [1.29, 1.82) is 0 Å². The molecule has 1 fully saturated rings. The first-order chi connectivity index (χ1) is 9.49. The second-order valence-corrected chi connectivity index (χ2v) is 7.48. The Hall–Kier alpha value is -1.30. The highest BCUT2D eigenvalue weighted by Gasteiger charge is 2.30. The van der Waals surface area contributed by atoms with E-state index in [4.69, 9.17) is 10.5 Å². The maximum absolute atomic E-state index is 11.7. The fraction of sp³-hybridized carbons (Fsp3) is 0.867. The summed E-state index contributed by atoms with van der Waals surface area (Å²) in [6, 6.07) is 0.414. The minimum atomic E-state index is -0.559. The van der Waals surface area contributed by atoms with Crippen LogP contribution in [0.5, 0.6) is 0 Å². The van der Waals surface area contributed by atoms with Gasteiger partial charge >= 0.3 is 6.09 Å². The predicted molar refractivity (Wildman–Crippen MR) is 81.8 cm³/mol. The van der Waals surface area contributed by atoms with Gasteiger partial charge in [-0.3, -0.25) is 4.79 Å². The lowest BCUT2D eigenvalue weighted by Crippen LogP contribution is -2.44. The van der Waals surface area contributed by atoms with Gasteiger partial charge in [-0.05, 0) is 53.9 Å². The van der Waals surface area contributed by atoms with Crippen LogP contribution in [0.1, 0.15) is 53.9 Å². The minimum Gasteiger partial charge on any atom is -0.444 e. The van der Waals surface area contributed by atoms with E-state index in [-0.39, 0.29) is 18.0 Å². The quantitative estimate of drug-likeness (QED) is 0.717. The molecule has 0 aromatic heterocycles. The van der Waals surface area contributed by atoms with Crippen LogP contribution in [-0.4, -0.2) is 36.2 Å². The van der Waals surface area contributed by atoms with Crippen LogP contribution in [0.15, 0.2) is 0 Å². The summed E-state index contributed by atoms with van der Waals surface area (Å²) in [4.78, 5) is 23.0. The molecule has 2 amide bonds. The predicted octanol–water partition coefficient (Wildman–Crippen LogP) is 1.53. The third kappa shape index (κ3) is 6.33. The molecule has 0 bridgehead atoms. The zero-order valence-electron chi connectivity index (χ0n) is 13.8. The fourth-order valence-corrected chi connectivity index (χ4v) is 2.26. The van der Waals surface area contributed by atoms with E-state index in [0.717, 1.165) is 19.3 Å². The van der Waals surface area contributed by atoms with E-state index in [1.165, 1.54) is 0 Å². The molecule has 0 aromatic carbocycles. The van der Waals surface area contributed by atoms with Crippen LogP contribution in [0.4, 0.5) is 4.79 Å². The van der Waals surface area contributed by atoms with E-state index in [0.29, 0.717) is 12.6 Å². The number of alkyl carbamates (subject to hydrolysis) is 1. The van der Waals surface area contributed by atoms with Gasteiger partial charge in [0, 0.05) is 18.6 Å². The van der Waals surface area contributed by atoms with Gasteiger partial charge in [0.1, 0.15) is 5.60 Å². The molecule has 0 spiro atoms. The largest absolute Gasteiger partial charge is 0.444 e. The van der Waals surface area contributed by atoms with Crippen LogP contribution in [0.25, 0.3) is 0 Å². The van der Waals surface area contributed by atoms with Crippen molar-refractivity contribution in [2.75, 3.05) is 6.54 Å². The highest BCUT2D eigenvalue weighted by molar-refractivity contribution is 5.80. The molecular weight excluding hydrogens is 270 g/mol. The van der Waals surface area contributed by atoms with Gasteiger partial charge < -0.3 is 21.1 Å². The number of primary amides is 1. The Balaban J connectivity index is 2.33. The van der Waals surface area contributed by atoms with Gasteiger partial charge in [-0.15, -0.1) is 0 Å². The Morgan fingerprint density at radius 1 is 1.14 bits per heavy atom. The maximum atomic E-state index is 11.7. The van der Waals surface area contributed by atoms with Crippen LogP contribution in [0, 0.1) is 5.41 Å². The fourth-order valence-electron chi connectivity index (χ4n) is 2.26. The van der Waals surface area contributed by atoms with Crippen LogP contribution >= 0.6 is 0 Å². The number of nitrogens with two attached hydrogens (primary N) is 1. The lowest BCUT2D eigenvalue weighted by Gasteiger charge is -2.24. The molecule has 2 atom stereocenters. The molecule has 1 aliphatic carbocycles. The first kappa shape index (κ1) is 17.8. The maximum Gasteiger partial charge on any atom is 0.407 e. The van der Waals surface area contributed by atoms with E-state index in [9.17, 15) is 9.59 Å². The van der Waals surface area contributed by atoms with Gasteiger partial charge in [0.15, 0.2) is 0 Å². The normalized spacial score (nSPS) is 22.9. The molecule has 6 heteroatoms. The summed E-state index contributed by atoms with van der Waals surface area (Å²) in [5.74, 6) is -0.309. The number of ether oxygens (including phenoxy) is 1. The molecular formula is C15H29N3O3. The standard InChI is InChI=1S/C15H29N3O3/c1-14(2,3)21-13(20)18-11-7-6-10(8-11)17-9-15(4,5)12(16)19/h10-11,17H,6-9H2,1-5H3,(H2,16,19)(H,18,20). The molecule has 1 rings (SSSR count). The summed E-state index contributed by atoms with van der Waals surface area (Å²) in [6.45, 7) is 9.74. The number of hydrogen-bond acceptors (Lipinski definition) is 4. The Labute approximate surface area is 127 Å². The third-order valence-corrected chi connectivity index (χ3v) is 3.65. The van der Waals surface area contributed by atoms with E-state index < -0.39 is 11.0 Å². The van der Waals surface area contributed by atoms with Crippen molar-refractivity contribution in [2.24, 2.45) is 11.1 Å². The topological polar surface area (TPSA) is 93.4 Å². The van der Waals surface area contributed by atoms with E-state index in [1.807, 2.05) is 34.6 Å². The third-order valence-electron chi connectivity index (χ3n) is 3.65. The molecule has 0 saturated heterocycles. The molecule has 0 radical (unpaired) electrons. The molecule has 0 heterocycles. The molecule has 21 heavy (non-hydrogen) atoms. The van der Waals surface area contributed by atoms with E-state index in [1.54, 1.807) is 0 Å². The smallest absolute Gasteiger partial charge is 0.407 e. The van der Waals surface area contributed by atoms with Crippen molar-refractivity contribution in [2.45, 2.75) is 71.6 Å². The molecule has 122 valence electrons. The Morgan fingerprint density at radius 3 is 2.24 bits per heavy atom. The average molecular weight is 299 g/mol. The lowest BCUT2D eigenvalue weighted by molar-refractivity contribution is -0.125. The van der Waals surface area contributed by atoms with Gasteiger partial charge in [-0.25, -0.2) is 4.79 Å². The summed E-state index contributed by atoms with van der Waals surface area (Å²) < 4.78 is 5.25. The first-order valence-electron chi connectivity index (χ1n) is 7.52. The molecule has 0 aromatic rings. The summed E-state index contributed by atoms with van der Waals surface area (Å²) >= 11 is 0. The van der Waals surface area contributed by atoms with Crippen molar-refractivity contribution in [3.05, 3.63) is 0 Å². The van der Waals surface area contributed by atoms with Crippen molar-refractivity contribution >= 4 is 12.0 Å². The van der Waals surface area contributed by atoms with Gasteiger partial charge in [-0.2, -0.15) is 0 Å². The van der Waals surface area contributed by atoms with Crippen LogP contribution in [-0.2, 0) is 9.53 Å². The summed E-state index contributed by atoms with van der Waals surface area (Å²) in [5.41, 5.74) is 4.32. The average Bonchev–Trinajstić information content (AvgIpc) is 2.71. The second kappa shape index (κ2) is 6.64. The summed E-state index contributed by atoms with van der Waals surface area (Å²) in [5, 5.41) is 6.25. The SMILES string of the molecule is CC(C)(C)OC(=O)NC1CCC(NCC(C)(C)C(N)=O)C1. The van der Waals surface area contributed by atoms with Crippen molar-refractivity contribution < 1.29 is 14.3 Å². The Kier molecular flexibility index (Phi) is 5.61. The molecule has 0 aliphatic heterocycles. The molecule has 1 aliphatic rings. The minimum absolute atomic E-state index is 0.119. The van der Waals surface area contributed by atoms with E-state index >= 15 is 0 Å². The zero-order chi connectivity index (χ0) is 16.3. The second-order valence-electron chi connectivity index (χ2n) is 7.48. The number of carbonyl (C=O) groups is 2. The molecule has 1 saturated carbocycles. The first-order valence-corrected chi connectivity index (χ1v) is 7.52. The van der Waals surface area contributed by atoms with Crippen LogP contribution in [0.2, 0.25) is 0 Å². The molecule has 6 nitrogen and oxygen atoms in total. The van der Waals surface area contributed by atoms with Gasteiger partial charge in [0.05, 0.1) is 5.41 Å². The Morgan fingerprint density at radius 2 is 1.71 bits per heavy atom. The number of hydrogen-bond donors (Lipinski definition) is 3. The summed E-state index contributed by atoms with van der Waals surface area (Å²) in [7, 11) is 0. The van der Waals surface area contributed by atoms with Crippen LogP contribution < -0.4 is 16.4 Å². The molecule has 4 N–H and O–H groups in total. The van der Waals surface area contributed by atoms with Gasteiger partial charge in [0.25, 0.3) is 0 Å². The monoisotopic (exact) mass is 299 g/mol. The lowest BCUT2D eigenvalue weighted by atomic mass is 9.92. The van der Waals surface area contributed by atoms with Crippen molar-refractivity contribution in [3.8, 4) is 0 Å². The summed E-state index contributed by atoms with van der Waals surface area (Å²) in [6.07, 6.45) is 2.35. The number of rotatable bonds is 5. The van der Waals surface area contributed by atoms with Gasteiger partial charge in [0.2, 0.25) is 5.91 Å². The van der Waals surface area contributed by atoms with Crippen molar-refractivity contribution in [3.63, 3.8) is 0 Å².